The summed E-state index contributed by atoms with van der Waals surface area (Å²) in [5.41, 5.74) is 2.09. The van der Waals surface area contributed by atoms with Gasteiger partial charge in [-0.15, -0.1) is 0 Å². The Balaban J connectivity index is 1.54. The highest BCUT2D eigenvalue weighted by Gasteiger charge is 2.09. The van der Waals surface area contributed by atoms with Crippen LogP contribution in [0, 0.1) is 6.92 Å². The number of nitrogens with zero attached hydrogens (tertiary/aromatic N) is 3. The molecule has 0 spiro atoms. The Labute approximate surface area is 144 Å². The Morgan fingerprint density at radius 1 is 1.28 bits per heavy atom. The van der Waals surface area contributed by atoms with E-state index in [0.717, 1.165) is 5.56 Å². The number of benzene rings is 1. The zero-order valence-electron chi connectivity index (χ0n) is 13.9. The highest BCUT2D eigenvalue weighted by Crippen LogP contribution is 2.04. The predicted molar refractivity (Wildman–Crippen MR) is 93.4 cm³/mol. The summed E-state index contributed by atoms with van der Waals surface area (Å²) in [4.78, 5) is 30.4. The molecule has 0 saturated heterocycles. The Bertz CT molecular complexity index is 914. The second-order valence-corrected chi connectivity index (χ2v) is 5.74. The van der Waals surface area contributed by atoms with Gasteiger partial charge >= 0.3 is 0 Å². The van der Waals surface area contributed by atoms with Crippen LogP contribution in [0.1, 0.15) is 27.4 Å². The fraction of sp³-hybridized carbons (Fsp3) is 0.222. The van der Waals surface area contributed by atoms with Crippen molar-refractivity contribution in [1.82, 2.24) is 25.1 Å². The van der Waals surface area contributed by atoms with Gasteiger partial charge in [0.15, 0.2) is 0 Å². The molecule has 25 heavy (non-hydrogen) atoms. The molecule has 2 N–H and O–H groups in total. The lowest BCUT2D eigenvalue weighted by atomic mass is 10.2. The normalized spacial score (nSPS) is 10.6. The van der Waals surface area contributed by atoms with Crippen LogP contribution < -0.4 is 10.9 Å². The number of H-pyrrole nitrogens is 1. The topological polar surface area (TPSA) is 92.7 Å². The van der Waals surface area contributed by atoms with E-state index in [1.165, 1.54) is 6.07 Å². The Morgan fingerprint density at radius 2 is 2.08 bits per heavy atom. The molecule has 7 nitrogen and oxygen atoms in total. The molecule has 0 unspecified atom stereocenters. The van der Waals surface area contributed by atoms with Crippen LogP contribution in [0.25, 0.3) is 0 Å². The van der Waals surface area contributed by atoms with Gasteiger partial charge in [-0.25, -0.2) is 4.98 Å². The third-order valence-electron chi connectivity index (χ3n) is 3.66. The van der Waals surface area contributed by atoms with Gasteiger partial charge in [0.25, 0.3) is 11.5 Å². The standard InChI is InChI=1S/C18H19N5O2/c1-13-21-16(9-17(24)22-13)7-8-19-18(25)15-10-20-23(12-15)11-14-5-3-2-4-6-14/h2-6,9-10,12H,7-8,11H2,1H3,(H,19,25)(H,21,22,24). The molecular weight excluding hydrogens is 318 g/mol. The second-order valence-electron chi connectivity index (χ2n) is 5.74. The van der Waals surface area contributed by atoms with E-state index in [4.69, 9.17) is 0 Å². The van der Waals surface area contributed by atoms with Gasteiger partial charge in [0.2, 0.25) is 0 Å². The number of aryl methyl sites for hydroxylation is 1. The lowest BCUT2D eigenvalue weighted by molar-refractivity contribution is 0.0954. The fourth-order valence-corrected chi connectivity index (χ4v) is 2.51. The summed E-state index contributed by atoms with van der Waals surface area (Å²) >= 11 is 0. The third kappa shape index (κ3) is 4.63. The number of amides is 1. The molecule has 0 saturated carbocycles. The molecule has 2 heterocycles. The van der Waals surface area contributed by atoms with Gasteiger partial charge in [-0.1, -0.05) is 30.3 Å². The quantitative estimate of drug-likeness (QED) is 0.709. The summed E-state index contributed by atoms with van der Waals surface area (Å²) in [6.45, 7) is 2.74. The molecule has 3 aromatic rings. The van der Waals surface area contributed by atoms with Gasteiger partial charge in [-0.2, -0.15) is 5.10 Å². The van der Waals surface area contributed by atoms with Gasteiger partial charge in [-0.05, 0) is 12.5 Å². The SMILES string of the molecule is Cc1nc(CCNC(=O)c2cnn(Cc3ccccc3)c2)cc(=O)[nH]1. The maximum absolute atomic E-state index is 12.2. The summed E-state index contributed by atoms with van der Waals surface area (Å²) in [5.74, 6) is 0.372. The van der Waals surface area contributed by atoms with Crippen LogP contribution in [0.3, 0.4) is 0 Å². The molecule has 0 radical (unpaired) electrons. The average molecular weight is 337 g/mol. The van der Waals surface area contributed by atoms with Gasteiger partial charge in [0, 0.05) is 30.9 Å². The molecule has 128 valence electrons. The predicted octanol–water partition coefficient (Wildman–Crippen LogP) is 1.30. The molecular formula is C18H19N5O2. The van der Waals surface area contributed by atoms with Crippen molar-refractivity contribution in [2.75, 3.05) is 6.54 Å². The lowest BCUT2D eigenvalue weighted by Gasteiger charge is -2.04. The van der Waals surface area contributed by atoms with Gasteiger partial charge in [0.05, 0.1) is 18.3 Å². The van der Waals surface area contributed by atoms with Crippen molar-refractivity contribution in [3.8, 4) is 0 Å². The van der Waals surface area contributed by atoms with Crippen molar-refractivity contribution < 1.29 is 4.79 Å². The molecule has 1 aromatic carbocycles. The molecule has 7 heteroatoms. The number of carbonyl (C=O) groups excluding carboxylic acids is 1. The van der Waals surface area contributed by atoms with E-state index in [9.17, 15) is 9.59 Å². The van der Waals surface area contributed by atoms with Crippen LogP contribution in [-0.4, -0.2) is 32.2 Å². The minimum atomic E-state index is -0.194. The van der Waals surface area contributed by atoms with Crippen molar-refractivity contribution in [1.29, 1.82) is 0 Å². The largest absolute Gasteiger partial charge is 0.352 e. The minimum Gasteiger partial charge on any atom is -0.352 e. The maximum atomic E-state index is 12.2. The first-order valence-electron chi connectivity index (χ1n) is 8.01. The van der Waals surface area contributed by atoms with E-state index in [1.54, 1.807) is 24.0 Å². The number of carbonyl (C=O) groups is 1. The van der Waals surface area contributed by atoms with Crippen LogP contribution in [-0.2, 0) is 13.0 Å². The van der Waals surface area contributed by atoms with Gasteiger partial charge < -0.3 is 10.3 Å². The number of hydrogen-bond acceptors (Lipinski definition) is 4. The maximum Gasteiger partial charge on any atom is 0.254 e. The molecule has 0 fully saturated rings. The summed E-state index contributed by atoms with van der Waals surface area (Å²) in [7, 11) is 0. The van der Waals surface area contributed by atoms with Crippen LogP contribution >= 0.6 is 0 Å². The first-order valence-corrected chi connectivity index (χ1v) is 8.01. The summed E-state index contributed by atoms with van der Waals surface area (Å²) in [6, 6.07) is 11.4. The van der Waals surface area contributed by atoms with Crippen molar-refractivity contribution in [3.05, 3.63) is 81.8 Å². The van der Waals surface area contributed by atoms with Crippen molar-refractivity contribution in [2.45, 2.75) is 19.9 Å². The van der Waals surface area contributed by atoms with E-state index in [-0.39, 0.29) is 11.5 Å². The van der Waals surface area contributed by atoms with Crippen molar-refractivity contribution in [3.63, 3.8) is 0 Å². The number of hydrogen-bond donors (Lipinski definition) is 2. The highest BCUT2D eigenvalue weighted by molar-refractivity contribution is 5.93. The van der Waals surface area contributed by atoms with E-state index in [1.807, 2.05) is 30.3 Å². The van der Waals surface area contributed by atoms with Crippen LogP contribution in [0.15, 0.2) is 53.6 Å². The van der Waals surface area contributed by atoms with Crippen LogP contribution in [0.2, 0.25) is 0 Å². The minimum absolute atomic E-state index is 0.184. The monoisotopic (exact) mass is 337 g/mol. The number of nitrogens with one attached hydrogen (secondary N) is 2. The van der Waals surface area contributed by atoms with E-state index in [0.29, 0.717) is 36.6 Å². The number of aromatic nitrogens is 4. The molecule has 0 aliphatic rings. The Morgan fingerprint density at radius 3 is 2.84 bits per heavy atom. The van der Waals surface area contributed by atoms with Crippen molar-refractivity contribution in [2.24, 2.45) is 0 Å². The van der Waals surface area contributed by atoms with Crippen molar-refractivity contribution >= 4 is 5.91 Å². The number of rotatable bonds is 6. The first-order chi connectivity index (χ1) is 12.1. The van der Waals surface area contributed by atoms with E-state index >= 15 is 0 Å². The summed E-state index contributed by atoms with van der Waals surface area (Å²) in [5, 5.41) is 7.04. The fourth-order valence-electron chi connectivity index (χ4n) is 2.51. The first kappa shape index (κ1) is 16.6. The lowest BCUT2D eigenvalue weighted by Crippen LogP contribution is -2.26. The molecule has 0 atom stereocenters. The molecule has 3 rings (SSSR count). The molecule has 0 bridgehead atoms. The smallest absolute Gasteiger partial charge is 0.254 e. The second kappa shape index (κ2) is 7.57. The summed E-state index contributed by atoms with van der Waals surface area (Å²) in [6.07, 6.45) is 3.76. The van der Waals surface area contributed by atoms with E-state index in [2.05, 4.69) is 20.4 Å². The number of aromatic amines is 1. The van der Waals surface area contributed by atoms with Gasteiger partial charge in [-0.3, -0.25) is 14.3 Å². The molecule has 0 aliphatic heterocycles. The van der Waals surface area contributed by atoms with Gasteiger partial charge in [0.1, 0.15) is 5.82 Å². The molecule has 0 aliphatic carbocycles. The van der Waals surface area contributed by atoms with Crippen LogP contribution in [0.4, 0.5) is 0 Å². The zero-order chi connectivity index (χ0) is 17.6. The highest BCUT2D eigenvalue weighted by atomic mass is 16.1. The summed E-state index contributed by atoms with van der Waals surface area (Å²) < 4.78 is 1.73. The Kier molecular flexibility index (Phi) is 5.03. The Hall–Kier alpha value is -3.22. The van der Waals surface area contributed by atoms with E-state index < -0.39 is 0 Å². The molecule has 2 aromatic heterocycles. The zero-order valence-corrected chi connectivity index (χ0v) is 13.9. The molecule has 1 amide bonds. The van der Waals surface area contributed by atoms with Crippen LogP contribution in [0.5, 0.6) is 0 Å². The third-order valence-corrected chi connectivity index (χ3v) is 3.66. The average Bonchev–Trinajstić information content (AvgIpc) is 3.03.